The molecule has 0 spiro atoms. The van der Waals surface area contributed by atoms with Crippen LogP contribution in [0.3, 0.4) is 0 Å². The molecule has 0 aliphatic rings. The van der Waals surface area contributed by atoms with Crippen LogP contribution in [-0.2, 0) is 4.74 Å². The number of aryl methyl sites for hydroxylation is 2. The number of nitrogens with one attached hydrogen (secondary N) is 1. The lowest BCUT2D eigenvalue weighted by Gasteiger charge is -2.05. The minimum atomic E-state index is -0.404. The van der Waals surface area contributed by atoms with Crippen molar-refractivity contribution in [2.75, 3.05) is 12.5 Å². The van der Waals surface area contributed by atoms with Gasteiger partial charge in [-0.05, 0) is 26.0 Å². The normalized spacial score (nSPS) is 11.6. The fraction of sp³-hybridized carbons (Fsp3) is 0.136. The van der Waals surface area contributed by atoms with Crippen molar-refractivity contribution in [2.45, 2.75) is 13.8 Å². The maximum absolute atomic E-state index is 11.8. The first kappa shape index (κ1) is 18.9. The van der Waals surface area contributed by atoms with Crippen LogP contribution >= 0.6 is 11.3 Å². The number of esters is 1. The Morgan fingerprint density at radius 1 is 1.14 bits per heavy atom. The van der Waals surface area contributed by atoms with Crippen molar-refractivity contribution in [3.63, 3.8) is 0 Å². The van der Waals surface area contributed by atoms with Gasteiger partial charge in [0, 0.05) is 17.0 Å². The largest absolute Gasteiger partial charge is 0.465 e. The van der Waals surface area contributed by atoms with Crippen LogP contribution in [0.4, 0.5) is 5.13 Å². The van der Waals surface area contributed by atoms with Gasteiger partial charge in [0.05, 0.1) is 18.2 Å². The van der Waals surface area contributed by atoms with Crippen LogP contribution in [-0.4, -0.2) is 18.1 Å². The molecule has 0 radical (unpaired) electrons. The molecule has 0 bridgehead atoms. The molecule has 4 aromatic rings. The molecule has 0 aliphatic heterocycles. The van der Waals surface area contributed by atoms with Crippen molar-refractivity contribution < 1.29 is 13.9 Å². The van der Waals surface area contributed by atoms with Gasteiger partial charge in [-0.1, -0.05) is 53.3 Å². The van der Waals surface area contributed by atoms with Crippen LogP contribution in [0.1, 0.15) is 20.9 Å². The number of thiazole rings is 1. The minimum Gasteiger partial charge on any atom is -0.465 e. The molecule has 0 amide bonds. The summed E-state index contributed by atoms with van der Waals surface area (Å²) in [5.74, 6) is 0.313. The average Bonchev–Trinajstić information content (AvgIpc) is 3.12. The Hall–Kier alpha value is -3.45. The molecule has 0 saturated carbocycles. The summed E-state index contributed by atoms with van der Waals surface area (Å²) in [6.45, 7) is 3.81. The van der Waals surface area contributed by atoms with Crippen molar-refractivity contribution in [1.82, 2.24) is 4.98 Å². The third kappa shape index (κ3) is 3.90. The molecule has 0 aliphatic carbocycles. The van der Waals surface area contributed by atoms with E-state index >= 15 is 0 Å². The highest BCUT2D eigenvalue weighted by atomic mass is 32.1. The molecule has 0 saturated heterocycles. The molecular formula is C22H19N3O3S. The van der Waals surface area contributed by atoms with Crippen molar-refractivity contribution in [2.24, 2.45) is 5.10 Å². The Labute approximate surface area is 171 Å². The number of anilines is 1. The molecule has 4 rings (SSSR count). The van der Waals surface area contributed by atoms with Gasteiger partial charge in [0.2, 0.25) is 5.13 Å². The first-order valence-corrected chi connectivity index (χ1v) is 9.82. The van der Waals surface area contributed by atoms with Gasteiger partial charge in [-0.3, -0.25) is 5.43 Å². The Balaban J connectivity index is 1.78. The molecule has 2 aromatic carbocycles. The quantitative estimate of drug-likeness (QED) is 0.386. The maximum atomic E-state index is 11.8. The summed E-state index contributed by atoms with van der Waals surface area (Å²) in [6.07, 6.45) is 0. The number of hydrogen-bond acceptors (Lipinski definition) is 7. The van der Waals surface area contributed by atoms with E-state index in [0.29, 0.717) is 15.7 Å². The Morgan fingerprint density at radius 3 is 2.66 bits per heavy atom. The van der Waals surface area contributed by atoms with Gasteiger partial charge in [0.1, 0.15) is 16.2 Å². The molecule has 2 heterocycles. The molecule has 2 aromatic heterocycles. The van der Waals surface area contributed by atoms with Gasteiger partial charge < -0.3 is 9.15 Å². The highest BCUT2D eigenvalue weighted by Crippen LogP contribution is 2.24. The van der Waals surface area contributed by atoms with E-state index in [2.05, 4.69) is 15.5 Å². The molecule has 29 heavy (non-hydrogen) atoms. The number of nitrogens with zero attached hydrogens (tertiary/aromatic N) is 2. The first-order chi connectivity index (χ1) is 14.0. The van der Waals surface area contributed by atoms with Gasteiger partial charge in [-0.15, -0.1) is 0 Å². The monoisotopic (exact) mass is 405 g/mol. The van der Waals surface area contributed by atoms with Gasteiger partial charge in [0.25, 0.3) is 0 Å². The smallest absolute Gasteiger partial charge is 0.350 e. The molecule has 0 unspecified atom stereocenters. The van der Waals surface area contributed by atoms with Gasteiger partial charge in [0.15, 0.2) is 0 Å². The van der Waals surface area contributed by atoms with Crippen molar-refractivity contribution in [1.29, 1.82) is 0 Å². The molecule has 7 heteroatoms. The summed E-state index contributed by atoms with van der Waals surface area (Å²) in [4.78, 5) is 16.6. The first-order valence-electron chi connectivity index (χ1n) is 9.00. The number of fused-ring (bicyclic) bond motifs is 1. The predicted molar refractivity (Wildman–Crippen MR) is 114 cm³/mol. The summed E-state index contributed by atoms with van der Waals surface area (Å²) in [6, 6.07) is 17.7. The lowest BCUT2D eigenvalue weighted by Crippen LogP contribution is -2.07. The third-order valence-electron chi connectivity index (χ3n) is 4.43. The fourth-order valence-electron chi connectivity index (χ4n) is 2.90. The van der Waals surface area contributed by atoms with E-state index in [9.17, 15) is 4.79 Å². The zero-order valence-corrected chi connectivity index (χ0v) is 17.0. The van der Waals surface area contributed by atoms with E-state index in [-0.39, 0.29) is 0 Å². The van der Waals surface area contributed by atoms with E-state index in [0.717, 1.165) is 27.7 Å². The van der Waals surface area contributed by atoms with Crippen LogP contribution in [0, 0.1) is 13.8 Å². The number of benzene rings is 2. The summed E-state index contributed by atoms with van der Waals surface area (Å²) in [5, 5.41) is 6.64. The van der Waals surface area contributed by atoms with Crippen molar-refractivity contribution >= 4 is 33.4 Å². The zero-order chi connectivity index (χ0) is 20.4. The molecule has 0 atom stereocenters. The summed E-state index contributed by atoms with van der Waals surface area (Å²) in [5.41, 5.74) is 6.45. The Kier molecular flexibility index (Phi) is 5.14. The fourth-order valence-corrected chi connectivity index (χ4v) is 3.73. The summed E-state index contributed by atoms with van der Waals surface area (Å²) >= 11 is 1.21. The predicted octanol–water partition coefficient (Wildman–Crippen LogP) is 4.89. The van der Waals surface area contributed by atoms with E-state index < -0.39 is 5.97 Å². The summed E-state index contributed by atoms with van der Waals surface area (Å²) in [7, 11) is 1.35. The number of para-hydroxylation sites is 1. The van der Waals surface area contributed by atoms with E-state index in [4.69, 9.17) is 9.15 Å². The van der Waals surface area contributed by atoms with Gasteiger partial charge in [-0.2, -0.15) is 5.10 Å². The van der Waals surface area contributed by atoms with Crippen molar-refractivity contribution in [3.8, 4) is 11.3 Å². The van der Waals surface area contributed by atoms with Gasteiger partial charge >= 0.3 is 5.97 Å². The van der Waals surface area contributed by atoms with E-state index in [1.54, 1.807) is 6.92 Å². The molecule has 146 valence electrons. The number of rotatable bonds is 4. The number of carbonyl (C=O) groups is 1. The van der Waals surface area contributed by atoms with E-state index in [1.807, 2.05) is 61.5 Å². The van der Waals surface area contributed by atoms with E-state index in [1.165, 1.54) is 24.0 Å². The second-order valence-corrected chi connectivity index (χ2v) is 7.51. The van der Waals surface area contributed by atoms with Crippen molar-refractivity contribution in [3.05, 3.63) is 76.1 Å². The highest BCUT2D eigenvalue weighted by Gasteiger charge is 2.15. The molecule has 0 fully saturated rings. The number of carbonyl (C=O) groups excluding carboxylic acids is 1. The van der Waals surface area contributed by atoms with Crippen LogP contribution in [0.5, 0.6) is 0 Å². The highest BCUT2D eigenvalue weighted by molar-refractivity contribution is 7.17. The molecule has 6 nitrogen and oxygen atoms in total. The van der Waals surface area contributed by atoms with Crippen LogP contribution in [0.25, 0.3) is 22.3 Å². The SMILES string of the molecule is COC(=O)c1sc(N/N=c2\cc(-c3ccc(C)cc3)oc3ccccc23)nc1C. The Morgan fingerprint density at radius 2 is 1.90 bits per heavy atom. The number of methoxy groups -OCH3 is 1. The number of ether oxygens (including phenoxy) is 1. The summed E-state index contributed by atoms with van der Waals surface area (Å²) < 4.78 is 10.9. The van der Waals surface area contributed by atoms with Gasteiger partial charge in [-0.25, -0.2) is 9.78 Å². The minimum absolute atomic E-state index is 0.404. The topological polar surface area (TPSA) is 76.7 Å². The molecule has 1 N–H and O–H groups in total. The lowest BCUT2D eigenvalue weighted by molar-refractivity contribution is 0.0605. The standard InChI is InChI=1S/C22H19N3O3S/c1-13-8-10-15(11-9-13)19-12-17(16-6-4-5-7-18(16)28-19)24-25-22-23-14(2)20(29-22)21(26)27-3/h4-12H,1-3H3,(H,23,25)/b24-17+. The lowest BCUT2D eigenvalue weighted by atomic mass is 10.1. The van der Waals surface area contributed by atoms with Crippen LogP contribution < -0.4 is 10.8 Å². The number of aromatic nitrogens is 1. The van der Waals surface area contributed by atoms with Crippen LogP contribution in [0.2, 0.25) is 0 Å². The Bertz CT molecular complexity index is 1260. The molecular weight excluding hydrogens is 386 g/mol. The maximum Gasteiger partial charge on any atom is 0.350 e. The second kappa shape index (κ2) is 7.89. The second-order valence-electron chi connectivity index (χ2n) is 6.51. The average molecular weight is 405 g/mol. The zero-order valence-electron chi connectivity index (χ0n) is 16.2. The third-order valence-corrected chi connectivity index (χ3v) is 5.47. The van der Waals surface area contributed by atoms with Crippen LogP contribution in [0.15, 0.2) is 64.1 Å². The number of hydrogen-bond donors (Lipinski definition) is 1.